The van der Waals surface area contributed by atoms with Crippen molar-refractivity contribution in [2.45, 2.75) is 33.4 Å². The number of nitrogens with zero attached hydrogens (tertiary/aromatic N) is 2. The first-order valence-corrected chi connectivity index (χ1v) is 10.8. The Morgan fingerprint density at radius 3 is 2.28 bits per heavy atom. The van der Waals surface area contributed by atoms with Gasteiger partial charge in [0.25, 0.3) is 5.91 Å². The van der Waals surface area contributed by atoms with Crippen molar-refractivity contribution in [2.24, 2.45) is 0 Å². The molecule has 1 atom stereocenters. The largest absolute Gasteiger partial charge is 0.344 e. The Labute approximate surface area is 187 Å². The SMILES string of the molecule is CCn1c(-c2ccccc2)nc(-c2ccc(C)c(F)c2)c1C(=O)N[C@@H](C)c1ccccc1. The second-order valence-corrected chi connectivity index (χ2v) is 7.81. The summed E-state index contributed by atoms with van der Waals surface area (Å²) in [5.74, 6) is 0.120. The molecule has 0 saturated heterocycles. The maximum atomic E-state index is 14.4. The highest BCUT2D eigenvalue weighted by molar-refractivity contribution is 5.99. The average molecular weight is 428 g/mol. The summed E-state index contributed by atoms with van der Waals surface area (Å²) in [6.07, 6.45) is 0. The van der Waals surface area contributed by atoms with Crippen LogP contribution < -0.4 is 5.32 Å². The van der Waals surface area contributed by atoms with Gasteiger partial charge in [0.2, 0.25) is 0 Å². The van der Waals surface area contributed by atoms with Crippen LogP contribution in [-0.4, -0.2) is 15.5 Å². The summed E-state index contributed by atoms with van der Waals surface area (Å²) in [6.45, 7) is 6.19. The van der Waals surface area contributed by atoms with Gasteiger partial charge in [0.15, 0.2) is 0 Å². The number of carbonyl (C=O) groups is 1. The summed E-state index contributed by atoms with van der Waals surface area (Å²) in [7, 11) is 0. The van der Waals surface area contributed by atoms with Gasteiger partial charge in [0, 0.05) is 17.7 Å². The number of imidazole rings is 1. The van der Waals surface area contributed by atoms with Crippen LogP contribution in [0.15, 0.2) is 78.9 Å². The van der Waals surface area contributed by atoms with Gasteiger partial charge in [-0.3, -0.25) is 4.79 Å². The summed E-state index contributed by atoms with van der Waals surface area (Å²) >= 11 is 0. The van der Waals surface area contributed by atoms with Crippen LogP contribution in [0.1, 0.15) is 41.5 Å². The lowest BCUT2D eigenvalue weighted by atomic mass is 10.1. The Kier molecular flexibility index (Phi) is 6.17. The topological polar surface area (TPSA) is 46.9 Å². The Bertz CT molecular complexity index is 1230. The molecule has 32 heavy (non-hydrogen) atoms. The van der Waals surface area contributed by atoms with E-state index in [1.165, 1.54) is 6.07 Å². The molecule has 4 nitrogen and oxygen atoms in total. The van der Waals surface area contributed by atoms with Crippen LogP contribution in [0.25, 0.3) is 22.6 Å². The zero-order valence-corrected chi connectivity index (χ0v) is 18.5. The molecule has 4 rings (SSSR count). The van der Waals surface area contributed by atoms with Crippen LogP contribution in [0.2, 0.25) is 0 Å². The van der Waals surface area contributed by atoms with E-state index in [-0.39, 0.29) is 17.8 Å². The molecule has 1 amide bonds. The molecule has 0 aliphatic rings. The number of amides is 1. The second-order valence-electron chi connectivity index (χ2n) is 7.81. The van der Waals surface area contributed by atoms with Crippen molar-refractivity contribution in [3.63, 3.8) is 0 Å². The van der Waals surface area contributed by atoms with E-state index in [1.807, 2.05) is 85.1 Å². The minimum Gasteiger partial charge on any atom is -0.344 e. The van der Waals surface area contributed by atoms with E-state index in [1.54, 1.807) is 13.0 Å². The summed E-state index contributed by atoms with van der Waals surface area (Å²) in [5.41, 5.74) is 3.94. The Morgan fingerprint density at radius 2 is 1.66 bits per heavy atom. The maximum Gasteiger partial charge on any atom is 0.270 e. The number of benzene rings is 3. The zero-order chi connectivity index (χ0) is 22.7. The number of aryl methyl sites for hydroxylation is 1. The molecule has 1 heterocycles. The van der Waals surface area contributed by atoms with Gasteiger partial charge < -0.3 is 9.88 Å². The van der Waals surface area contributed by atoms with E-state index in [2.05, 4.69) is 5.32 Å². The average Bonchev–Trinajstić information content (AvgIpc) is 3.22. The molecular formula is C27H26FN3O. The van der Waals surface area contributed by atoms with Gasteiger partial charge in [-0.1, -0.05) is 72.8 Å². The van der Waals surface area contributed by atoms with Crippen molar-refractivity contribution in [3.8, 4) is 22.6 Å². The highest BCUT2D eigenvalue weighted by Gasteiger charge is 2.25. The molecular weight excluding hydrogens is 401 g/mol. The fourth-order valence-corrected chi connectivity index (χ4v) is 3.83. The number of nitrogens with one attached hydrogen (secondary N) is 1. The van der Waals surface area contributed by atoms with Crippen LogP contribution in [0.5, 0.6) is 0 Å². The minimum atomic E-state index is -0.321. The van der Waals surface area contributed by atoms with Crippen molar-refractivity contribution < 1.29 is 9.18 Å². The minimum absolute atomic E-state index is 0.188. The van der Waals surface area contributed by atoms with Gasteiger partial charge in [0.05, 0.1) is 6.04 Å². The molecule has 0 aliphatic heterocycles. The molecule has 0 unspecified atom stereocenters. The fourth-order valence-electron chi connectivity index (χ4n) is 3.83. The highest BCUT2D eigenvalue weighted by Crippen LogP contribution is 2.31. The smallest absolute Gasteiger partial charge is 0.270 e. The molecule has 0 bridgehead atoms. The van der Waals surface area contributed by atoms with Gasteiger partial charge in [0.1, 0.15) is 23.0 Å². The van der Waals surface area contributed by atoms with E-state index >= 15 is 0 Å². The fraction of sp³-hybridized carbons (Fsp3) is 0.185. The summed E-state index contributed by atoms with van der Waals surface area (Å²) in [6, 6.07) is 24.3. The van der Waals surface area contributed by atoms with E-state index in [9.17, 15) is 9.18 Å². The summed E-state index contributed by atoms with van der Waals surface area (Å²) in [5, 5.41) is 3.09. The van der Waals surface area contributed by atoms with Crippen molar-refractivity contribution in [3.05, 3.63) is 102 Å². The van der Waals surface area contributed by atoms with Gasteiger partial charge in [-0.2, -0.15) is 0 Å². The normalized spacial score (nSPS) is 11.9. The lowest BCUT2D eigenvalue weighted by Crippen LogP contribution is -2.29. The number of rotatable bonds is 6. The number of hydrogen-bond acceptors (Lipinski definition) is 2. The lowest BCUT2D eigenvalue weighted by Gasteiger charge is -2.16. The molecule has 1 aromatic heterocycles. The zero-order valence-electron chi connectivity index (χ0n) is 18.5. The number of hydrogen-bond donors (Lipinski definition) is 1. The van der Waals surface area contributed by atoms with E-state index in [0.29, 0.717) is 34.9 Å². The maximum absolute atomic E-state index is 14.4. The monoisotopic (exact) mass is 427 g/mol. The van der Waals surface area contributed by atoms with Crippen LogP contribution in [-0.2, 0) is 6.54 Å². The predicted octanol–water partition coefficient (Wildman–Crippen LogP) is 6.18. The summed E-state index contributed by atoms with van der Waals surface area (Å²) in [4.78, 5) is 18.4. The first-order chi connectivity index (χ1) is 15.5. The van der Waals surface area contributed by atoms with Crippen molar-refractivity contribution in [1.82, 2.24) is 14.9 Å². The molecule has 5 heteroatoms. The van der Waals surface area contributed by atoms with Crippen molar-refractivity contribution in [2.75, 3.05) is 0 Å². The standard InChI is InChI=1S/C27H26FN3O/c1-4-31-25(27(32)29-19(3)20-11-7-5-8-12-20)24(22-16-15-18(2)23(28)17-22)30-26(31)21-13-9-6-10-14-21/h5-17,19H,4H2,1-3H3,(H,29,32)/t19-/m0/s1. The third-order valence-corrected chi connectivity index (χ3v) is 5.62. The molecule has 0 saturated carbocycles. The van der Waals surface area contributed by atoms with E-state index in [4.69, 9.17) is 4.98 Å². The van der Waals surface area contributed by atoms with Crippen molar-refractivity contribution >= 4 is 5.91 Å². The molecule has 1 N–H and O–H groups in total. The van der Waals surface area contributed by atoms with Gasteiger partial charge in [-0.05, 0) is 38.0 Å². The Hall–Kier alpha value is -3.73. The van der Waals surface area contributed by atoms with Crippen LogP contribution >= 0.6 is 0 Å². The predicted molar refractivity (Wildman–Crippen MR) is 126 cm³/mol. The molecule has 4 aromatic rings. The Morgan fingerprint density at radius 1 is 1.00 bits per heavy atom. The van der Waals surface area contributed by atoms with Crippen LogP contribution in [0.4, 0.5) is 4.39 Å². The molecule has 3 aromatic carbocycles. The molecule has 0 spiro atoms. The molecule has 162 valence electrons. The van der Waals surface area contributed by atoms with E-state index < -0.39 is 0 Å². The molecule has 0 fully saturated rings. The first kappa shape index (κ1) is 21.5. The second kappa shape index (κ2) is 9.18. The van der Waals surface area contributed by atoms with Gasteiger partial charge >= 0.3 is 0 Å². The molecule has 0 aliphatic carbocycles. The molecule has 0 radical (unpaired) electrons. The summed E-state index contributed by atoms with van der Waals surface area (Å²) < 4.78 is 16.3. The number of halogens is 1. The van der Waals surface area contributed by atoms with E-state index in [0.717, 1.165) is 11.1 Å². The van der Waals surface area contributed by atoms with Crippen LogP contribution in [0, 0.1) is 12.7 Å². The first-order valence-electron chi connectivity index (χ1n) is 10.8. The van der Waals surface area contributed by atoms with Gasteiger partial charge in [-0.25, -0.2) is 9.37 Å². The van der Waals surface area contributed by atoms with Crippen LogP contribution in [0.3, 0.4) is 0 Å². The number of carbonyl (C=O) groups excluding carboxylic acids is 1. The Balaban J connectivity index is 1.84. The van der Waals surface area contributed by atoms with Crippen molar-refractivity contribution in [1.29, 1.82) is 0 Å². The van der Waals surface area contributed by atoms with Gasteiger partial charge in [-0.15, -0.1) is 0 Å². The quantitative estimate of drug-likeness (QED) is 0.400. The third-order valence-electron chi connectivity index (χ3n) is 5.62. The third kappa shape index (κ3) is 4.19. The number of aromatic nitrogens is 2. The highest BCUT2D eigenvalue weighted by atomic mass is 19.1. The lowest BCUT2D eigenvalue weighted by molar-refractivity contribution is 0.0931.